The molecule has 4 aliphatic rings. The molecule has 2 amide bonds. The van der Waals surface area contributed by atoms with Crippen molar-refractivity contribution in [3.63, 3.8) is 0 Å². The molecule has 3 N–H and O–H groups in total. The molecule has 5 rings (SSSR count). The number of nitrogens with one attached hydrogen (secondary N) is 3. The minimum atomic E-state index is -0.523. The van der Waals surface area contributed by atoms with Crippen molar-refractivity contribution in [2.45, 2.75) is 44.6 Å². The molecule has 0 heterocycles. The first-order chi connectivity index (χ1) is 13.8. The van der Waals surface area contributed by atoms with Crippen LogP contribution in [0, 0.1) is 29.0 Å². The van der Waals surface area contributed by atoms with Crippen LogP contribution in [0.15, 0.2) is 24.3 Å². The second-order valence-corrected chi connectivity index (χ2v) is 9.94. The van der Waals surface area contributed by atoms with Crippen LogP contribution in [-0.4, -0.2) is 45.0 Å². The first-order valence-corrected chi connectivity index (χ1v) is 11.0. The van der Waals surface area contributed by atoms with E-state index in [1.165, 1.54) is 48.4 Å². The first kappa shape index (κ1) is 20.3. The van der Waals surface area contributed by atoms with Crippen LogP contribution >= 0.6 is 0 Å². The molecule has 29 heavy (non-hydrogen) atoms. The number of likely N-dealkylation sites (N-methyl/N-ethyl adjacent to an activating group) is 1. The topological polar surface area (TPSA) is 62.6 Å². The van der Waals surface area contributed by atoms with Gasteiger partial charge in [-0.1, -0.05) is 0 Å². The number of rotatable bonds is 7. The van der Waals surface area contributed by atoms with Crippen LogP contribution < -0.4 is 15.5 Å². The Balaban J connectivity index is 1.55. The number of hydrogen-bond acceptors (Lipinski definition) is 2. The van der Waals surface area contributed by atoms with Gasteiger partial charge < -0.3 is 15.5 Å². The smallest absolute Gasteiger partial charge is 0.251 e. The summed E-state index contributed by atoms with van der Waals surface area (Å²) in [4.78, 5) is 27.5. The standard InChI is InChI=1S/C23H32FN3O2/c1-27(2)8-7-25-22(29)20(26-21(28)18-3-5-19(24)6-4-18)23-12-15-9-16(13-23)11-17(10-15)14-23/h3-6,15-17,20H,7-14H2,1-2H3,(H,25,29)(H,26,28)/p+1/t15?,16?,17?,20-,23?/m1/s1. The summed E-state index contributed by atoms with van der Waals surface area (Å²) in [6.45, 7) is 1.43. The van der Waals surface area contributed by atoms with E-state index in [1.54, 1.807) is 0 Å². The fourth-order valence-corrected chi connectivity index (χ4v) is 6.38. The zero-order chi connectivity index (χ0) is 20.6. The third-order valence-electron chi connectivity index (χ3n) is 7.27. The average molecular weight is 403 g/mol. The summed E-state index contributed by atoms with van der Waals surface area (Å²) >= 11 is 0. The Labute approximate surface area is 172 Å². The molecule has 0 aliphatic heterocycles. The molecule has 0 saturated heterocycles. The second-order valence-electron chi connectivity index (χ2n) is 9.94. The lowest BCUT2D eigenvalue weighted by atomic mass is 9.47. The van der Waals surface area contributed by atoms with E-state index in [0.717, 1.165) is 25.8 Å². The van der Waals surface area contributed by atoms with Gasteiger partial charge in [-0.15, -0.1) is 0 Å². The number of quaternary nitrogens is 1. The molecule has 4 aliphatic carbocycles. The van der Waals surface area contributed by atoms with Gasteiger partial charge in [-0.25, -0.2) is 4.39 Å². The molecule has 6 heteroatoms. The third-order valence-corrected chi connectivity index (χ3v) is 7.27. The van der Waals surface area contributed by atoms with Gasteiger partial charge in [0, 0.05) is 11.0 Å². The predicted molar refractivity (Wildman–Crippen MR) is 109 cm³/mol. The van der Waals surface area contributed by atoms with Crippen molar-refractivity contribution >= 4 is 11.8 Å². The molecule has 158 valence electrons. The summed E-state index contributed by atoms with van der Waals surface area (Å²) < 4.78 is 13.3. The average Bonchev–Trinajstić information content (AvgIpc) is 2.65. The molecular formula is C23H33FN3O2+. The van der Waals surface area contributed by atoms with Crippen LogP contribution in [0.5, 0.6) is 0 Å². The normalized spacial score (nSPS) is 31.0. The summed E-state index contributed by atoms with van der Waals surface area (Å²) in [5, 5.41) is 6.14. The van der Waals surface area contributed by atoms with Crippen molar-refractivity contribution in [1.29, 1.82) is 0 Å². The van der Waals surface area contributed by atoms with Crippen LogP contribution in [0.2, 0.25) is 0 Å². The largest absolute Gasteiger partial charge is 0.349 e. The summed E-state index contributed by atoms with van der Waals surface area (Å²) in [6, 6.07) is 5.01. The Bertz CT molecular complexity index is 727. The minimum absolute atomic E-state index is 0.0661. The van der Waals surface area contributed by atoms with Gasteiger partial charge >= 0.3 is 0 Å². The Kier molecular flexibility index (Phi) is 5.65. The number of amides is 2. The molecule has 4 bridgehead atoms. The Morgan fingerprint density at radius 2 is 1.62 bits per heavy atom. The monoisotopic (exact) mass is 402 g/mol. The van der Waals surface area contributed by atoms with E-state index >= 15 is 0 Å². The lowest BCUT2D eigenvalue weighted by Gasteiger charge is -2.58. The van der Waals surface area contributed by atoms with E-state index in [9.17, 15) is 14.0 Å². The quantitative estimate of drug-likeness (QED) is 0.646. The SMILES string of the molecule is C[NH+](C)CCNC(=O)[C@@H](NC(=O)c1ccc(F)cc1)C12CC3CC(CC(C3)C1)C2. The number of benzene rings is 1. The summed E-state index contributed by atoms with van der Waals surface area (Å²) in [5.41, 5.74) is 0.256. The highest BCUT2D eigenvalue weighted by Crippen LogP contribution is 2.61. The second kappa shape index (κ2) is 8.05. The van der Waals surface area contributed by atoms with Gasteiger partial charge in [0.05, 0.1) is 27.2 Å². The lowest BCUT2D eigenvalue weighted by molar-refractivity contribution is -0.856. The zero-order valence-electron chi connectivity index (χ0n) is 17.5. The van der Waals surface area contributed by atoms with Crippen molar-refractivity contribution < 1.29 is 18.9 Å². The molecule has 0 unspecified atom stereocenters. The Morgan fingerprint density at radius 3 is 2.14 bits per heavy atom. The molecule has 1 aromatic carbocycles. The van der Waals surface area contributed by atoms with Gasteiger partial charge in [-0.3, -0.25) is 9.59 Å². The minimum Gasteiger partial charge on any atom is -0.349 e. The zero-order valence-corrected chi connectivity index (χ0v) is 17.5. The van der Waals surface area contributed by atoms with Gasteiger partial charge in [0.15, 0.2) is 0 Å². The summed E-state index contributed by atoms with van der Waals surface area (Å²) in [5.74, 6) is 1.33. The summed E-state index contributed by atoms with van der Waals surface area (Å²) in [7, 11) is 4.11. The van der Waals surface area contributed by atoms with Gasteiger partial charge in [-0.2, -0.15) is 0 Å². The fraction of sp³-hybridized carbons (Fsp3) is 0.652. The highest BCUT2D eigenvalue weighted by atomic mass is 19.1. The summed E-state index contributed by atoms with van der Waals surface area (Å²) in [6.07, 6.45) is 6.93. The van der Waals surface area contributed by atoms with Crippen molar-refractivity contribution in [2.75, 3.05) is 27.2 Å². The van der Waals surface area contributed by atoms with Crippen LogP contribution in [-0.2, 0) is 4.79 Å². The number of hydrogen-bond donors (Lipinski definition) is 3. The molecule has 4 fully saturated rings. The molecule has 4 saturated carbocycles. The number of halogens is 1. The van der Waals surface area contributed by atoms with Crippen LogP contribution in [0.1, 0.15) is 48.9 Å². The number of carbonyl (C=O) groups is 2. The predicted octanol–water partition coefficient (Wildman–Crippen LogP) is 1.40. The molecule has 0 radical (unpaired) electrons. The van der Waals surface area contributed by atoms with E-state index < -0.39 is 6.04 Å². The van der Waals surface area contributed by atoms with Crippen LogP contribution in [0.4, 0.5) is 4.39 Å². The van der Waals surface area contributed by atoms with Crippen molar-refractivity contribution in [1.82, 2.24) is 10.6 Å². The van der Waals surface area contributed by atoms with E-state index in [0.29, 0.717) is 29.9 Å². The Hall–Kier alpha value is -1.95. The van der Waals surface area contributed by atoms with Crippen molar-refractivity contribution in [2.24, 2.45) is 23.2 Å². The highest BCUT2D eigenvalue weighted by Gasteiger charge is 2.56. The molecule has 1 aromatic rings. The van der Waals surface area contributed by atoms with Crippen LogP contribution in [0.3, 0.4) is 0 Å². The van der Waals surface area contributed by atoms with Gasteiger partial charge in [-0.05, 0) is 80.5 Å². The lowest BCUT2D eigenvalue weighted by Crippen LogP contribution is -3.06. The maximum absolute atomic E-state index is 13.3. The van der Waals surface area contributed by atoms with Gasteiger partial charge in [0.25, 0.3) is 5.91 Å². The third kappa shape index (κ3) is 4.32. The maximum Gasteiger partial charge on any atom is 0.251 e. The Morgan fingerprint density at radius 1 is 1.07 bits per heavy atom. The van der Waals surface area contributed by atoms with E-state index in [2.05, 4.69) is 24.7 Å². The van der Waals surface area contributed by atoms with Crippen molar-refractivity contribution in [3.8, 4) is 0 Å². The molecular weight excluding hydrogens is 369 g/mol. The van der Waals surface area contributed by atoms with Gasteiger partial charge in [0.2, 0.25) is 5.91 Å². The molecule has 0 spiro atoms. The fourth-order valence-electron chi connectivity index (χ4n) is 6.38. The van der Waals surface area contributed by atoms with E-state index in [4.69, 9.17) is 0 Å². The van der Waals surface area contributed by atoms with Gasteiger partial charge in [0.1, 0.15) is 11.9 Å². The van der Waals surface area contributed by atoms with Crippen molar-refractivity contribution in [3.05, 3.63) is 35.6 Å². The first-order valence-electron chi connectivity index (χ1n) is 11.0. The van der Waals surface area contributed by atoms with Crippen LogP contribution in [0.25, 0.3) is 0 Å². The highest BCUT2D eigenvalue weighted by molar-refractivity contribution is 5.97. The molecule has 5 nitrogen and oxygen atoms in total. The maximum atomic E-state index is 13.3. The molecule has 1 atom stereocenters. The molecule has 0 aromatic heterocycles. The number of carbonyl (C=O) groups excluding carboxylic acids is 2. The van der Waals surface area contributed by atoms with E-state index in [1.807, 2.05) is 0 Å². The van der Waals surface area contributed by atoms with E-state index in [-0.39, 0.29) is 23.0 Å².